The summed E-state index contributed by atoms with van der Waals surface area (Å²) in [5.74, 6) is -0.481. The minimum Gasteiger partial charge on any atom is -0.465 e. The van der Waals surface area contributed by atoms with Crippen molar-refractivity contribution in [2.75, 3.05) is 17.3 Å². The topological polar surface area (TPSA) is 75.7 Å². The molecule has 0 saturated heterocycles. The number of amides is 1. The molecule has 1 aliphatic heterocycles. The molecule has 5 rings (SSSR count). The van der Waals surface area contributed by atoms with E-state index in [1.165, 1.54) is 12.7 Å². The van der Waals surface area contributed by atoms with Crippen molar-refractivity contribution in [3.8, 4) is 0 Å². The fourth-order valence-corrected chi connectivity index (χ4v) is 5.76. The number of hydrogen-bond acceptors (Lipinski definition) is 5. The molecule has 1 amide bonds. The van der Waals surface area contributed by atoms with Gasteiger partial charge in [0.2, 0.25) is 5.91 Å². The maximum absolute atomic E-state index is 14.1. The van der Waals surface area contributed by atoms with Gasteiger partial charge in [0.15, 0.2) is 5.78 Å². The highest BCUT2D eigenvalue weighted by Gasteiger charge is 2.41. The summed E-state index contributed by atoms with van der Waals surface area (Å²) in [6.45, 7) is 8.40. The lowest BCUT2D eigenvalue weighted by Gasteiger charge is -2.35. The molecular formula is C34H36N2O4. The number of fused-ring (bicyclic) bond motifs is 1. The minimum atomic E-state index is -0.623. The molecule has 0 aromatic heterocycles. The fourth-order valence-electron chi connectivity index (χ4n) is 5.76. The number of nitrogens with zero attached hydrogens (tertiary/aromatic N) is 1. The maximum Gasteiger partial charge on any atom is 0.337 e. The van der Waals surface area contributed by atoms with Gasteiger partial charge in [0.25, 0.3) is 0 Å². The third-order valence-electron chi connectivity index (χ3n) is 7.96. The Bertz CT molecular complexity index is 1480. The van der Waals surface area contributed by atoms with E-state index < -0.39 is 12.0 Å². The van der Waals surface area contributed by atoms with Crippen LogP contribution in [0.5, 0.6) is 0 Å². The van der Waals surface area contributed by atoms with Crippen LogP contribution < -0.4 is 10.2 Å². The highest BCUT2D eigenvalue weighted by molar-refractivity contribution is 6.06. The molecule has 0 bridgehead atoms. The smallest absolute Gasteiger partial charge is 0.337 e. The number of rotatable bonds is 4. The van der Waals surface area contributed by atoms with Crippen molar-refractivity contribution in [1.82, 2.24) is 0 Å². The van der Waals surface area contributed by atoms with Crippen LogP contribution in [0.25, 0.3) is 0 Å². The van der Waals surface area contributed by atoms with Crippen LogP contribution in [0.4, 0.5) is 11.4 Å². The number of Topliss-reactive ketones (excluding diaryl/α,β-unsaturated/α-hetero) is 1. The van der Waals surface area contributed by atoms with E-state index in [4.69, 9.17) is 4.74 Å². The second-order valence-corrected chi connectivity index (χ2v) is 11.6. The number of ether oxygens (including phenoxy) is 1. The third-order valence-corrected chi connectivity index (χ3v) is 7.96. The highest BCUT2D eigenvalue weighted by atomic mass is 16.5. The number of hydrogen-bond donors (Lipinski definition) is 1. The summed E-state index contributed by atoms with van der Waals surface area (Å²) >= 11 is 0. The second-order valence-electron chi connectivity index (χ2n) is 11.6. The van der Waals surface area contributed by atoms with Gasteiger partial charge in [-0.25, -0.2) is 4.79 Å². The van der Waals surface area contributed by atoms with Gasteiger partial charge >= 0.3 is 5.97 Å². The maximum atomic E-state index is 14.1. The predicted octanol–water partition coefficient (Wildman–Crippen LogP) is 7.08. The number of carbonyl (C=O) groups excluding carboxylic acids is 3. The molecule has 0 unspecified atom stereocenters. The molecule has 1 heterocycles. The SMILES string of the molecule is CCC(=O)N1c2ccccc2NC2=C(C(=O)C[C@H](c3ccc(C(C)(C)C)cc3)C2)[C@@H]1c1ccc(C(=O)OC)cc1. The summed E-state index contributed by atoms with van der Waals surface area (Å²) in [6, 6.07) is 22.7. The molecule has 206 valence electrons. The summed E-state index contributed by atoms with van der Waals surface area (Å²) < 4.78 is 4.87. The monoisotopic (exact) mass is 536 g/mol. The van der Waals surface area contributed by atoms with E-state index in [1.807, 2.05) is 43.3 Å². The third kappa shape index (κ3) is 5.06. The number of allylic oxidation sites excluding steroid dienone is 1. The largest absolute Gasteiger partial charge is 0.465 e. The molecule has 3 aromatic carbocycles. The van der Waals surface area contributed by atoms with E-state index >= 15 is 0 Å². The van der Waals surface area contributed by atoms with E-state index in [1.54, 1.807) is 17.0 Å². The molecule has 40 heavy (non-hydrogen) atoms. The Labute approximate surface area is 236 Å². The lowest BCUT2D eigenvalue weighted by Crippen LogP contribution is -2.38. The van der Waals surface area contributed by atoms with E-state index in [-0.39, 0.29) is 29.4 Å². The van der Waals surface area contributed by atoms with Crippen LogP contribution in [0.2, 0.25) is 0 Å². The predicted molar refractivity (Wildman–Crippen MR) is 158 cm³/mol. The first-order chi connectivity index (χ1) is 19.1. The number of ketones is 1. The van der Waals surface area contributed by atoms with Gasteiger partial charge in [-0.05, 0) is 58.7 Å². The fraction of sp³-hybridized carbons (Fsp3) is 0.324. The van der Waals surface area contributed by atoms with Gasteiger partial charge in [-0.3, -0.25) is 14.5 Å². The Hall–Kier alpha value is -4.19. The van der Waals surface area contributed by atoms with E-state index in [0.717, 1.165) is 28.2 Å². The summed E-state index contributed by atoms with van der Waals surface area (Å²) in [5, 5.41) is 3.57. The number of esters is 1. The van der Waals surface area contributed by atoms with Crippen molar-refractivity contribution in [2.24, 2.45) is 0 Å². The van der Waals surface area contributed by atoms with Gasteiger partial charge in [0, 0.05) is 24.1 Å². The van der Waals surface area contributed by atoms with Gasteiger partial charge in [-0.15, -0.1) is 0 Å². The first kappa shape index (κ1) is 27.4. The van der Waals surface area contributed by atoms with Crippen molar-refractivity contribution in [2.45, 2.75) is 64.3 Å². The van der Waals surface area contributed by atoms with Crippen molar-refractivity contribution in [3.05, 3.63) is 106 Å². The van der Waals surface area contributed by atoms with Gasteiger partial charge in [0.05, 0.1) is 30.1 Å². The van der Waals surface area contributed by atoms with E-state index in [2.05, 4.69) is 50.4 Å². The van der Waals surface area contributed by atoms with Crippen LogP contribution in [0.3, 0.4) is 0 Å². The van der Waals surface area contributed by atoms with Crippen LogP contribution in [-0.4, -0.2) is 24.8 Å². The Balaban J connectivity index is 1.63. The molecule has 0 fully saturated rings. The number of para-hydroxylation sites is 2. The quantitative estimate of drug-likeness (QED) is 0.361. The van der Waals surface area contributed by atoms with Crippen LogP contribution >= 0.6 is 0 Å². The molecule has 0 radical (unpaired) electrons. The lowest BCUT2D eigenvalue weighted by atomic mass is 9.77. The number of anilines is 2. The summed E-state index contributed by atoms with van der Waals surface area (Å²) in [4.78, 5) is 41.5. The summed E-state index contributed by atoms with van der Waals surface area (Å²) in [6.07, 6.45) is 1.29. The molecule has 0 spiro atoms. The Kier molecular flexibility index (Phi) is 7.37. The number of carbonyl (C=O) groups is 3. The van der Waals surface area contributed by atoms with E-state index in [0.29, 0.717) is 24.0 Å². The van der Waals surface area contributed by atoms with Crippen molar-refractivity contribution in [3.63, 3.8) is 0 Å². The highest BCUT2D eigenvalue weighted by Crippen LogP contribution is 2.47. The van der Waals surface area contributed by atoms with E-state index in [9.17, 15) is 14.4 Å². The Morgan fingerprint density at radius 3 is 2.20 bits per heavy atom. The normalized spacial score (nSPS) is 18.8. The van der Waals surface area contributed by atoms with Gasteiger partial charge in [-0.2, -0.15) is 0 Å². The molecule has 6 nitrogen and oxygen atoms in total. The average molecular weight is 537 g/mol. The first-order valence-electron chi connectivity index (χ1n) is 13.9. The second kappa shape index (κ2) is 10.8. The zero-order valence-electron chi connectivity index (χ0n) is 23.8. The average Bonchev–Trinajstić information content (AvgIpc) is 3.10. The number of benzene rings is 3. The summed E-state index contributed by atoms with van der Waals surface area (Å²) in [5.41, 5.74) is 6.57. The Morgan fingerprint density at radius 2 is 1.57 bits per heavy atom. The molecule has 1 N–H and O–H groups in total. The standard InChI is InChI=1S/C34H36N2O4/c1-6-30(38)36-28-10-8-7-9-26(28)35-27-19-24(21-15-17-25(18-16-21)34(2,3)4)20-29(37)31(27)32(36)22-11-13-23(14-12-22)33(39)40-5/h7-18,24,32,35H,6,19-20H2,1-5H3/t24-,32+/m1/s1. The zero-order valence-corrected chi connectivity index (χ0v) is 23.8. The summed E-state index contributed by atoms with van der Waals surface area (Å²) in [7, 11) is 1.34. The molecule has 3 aromatic rings. The van der Waals surface area contributed by atoms with Crippen LogP contribution in [0.1, 0.15) is 86.0 Å². The Morgan fingerprint density at radius 1 is 0.925 bits per heavy atom. The van der Waals surface area contributed by atoms with Crippen molar-refractivity contribution >= 4 is 29.0 Å². The van der Waals surface area contributed by atoms with Crippen LogP contribution in [0, 0.1) is 0 Å². The molecule has 0 saturated carbocycles. The van der Waals surface area contributed by atoms with Gasteiger partial charge in [-0.1, -0.05) is 76.2 Å². The van der Waals surface area contributed by atoms with Crippen LogP contribution in [-0.2, 0) is 19.7 Å². The molecule has 6 heteroatoms. The minimum absolute atomic E-state index is 0.0161. The van der Waals surface area contributed by atoms with Crippen molar-refractivity contribution in [1.29, 1.82) is 0 Å². The van der Waals surface area contributed by atoms with Gasteiger partial charge in [0.1, 0.15) is 0 Å². The first-order valence-corrected chi connectivity index (χ1v) is 13.9. The van der Waals surface area contributed by atoms with Crippen molar-refractivity contribution < 1.29 is 19.1 Å². The van der Waals surface area contributed by atoms with Crippen LogP contribution in [0.15, 0.2) is 84.1 Å². The lowest BCUT2D eigenvalue weighted by molar-refractivity contribution is -0.119. The van der Waals surface area contributed by atoms with Gasteiger partial charge < -0.3 is 10.1 Å². The molecule has 2 atom stereocenters. The molecule has 1 aliphatic carbocycles. The molecule has 2 aliphatic rings. The zero-order chi connectivity index (χ0) is 28.6. The molecular weight excluding hydrogens is 500 g/mol. The number of methoxy groups -OCH3 is 1. The number of nitrogens with one attached hydrogen (secondary N) is 1.